The number of para-hydroxylation sites is 2. The second-order valence-electron chi connectivity index (χ2n) is 3.69. The van der Waals surface area contributed by atoms with Crippen LogP contribution in [-0.2, 0) is 4.79 Å². The first-order valence-electron chi connectivity index (χ1n) is 5.93. The first kappa shape index (κ1) is 12.9. The zero-order chi connectivity index (χ0) is 13.5. The molecule has 0 aliphatic rings. The molecule has 0 radical (unpaired) electrons. The Hall–Kier alpha value is -2.50. The summed E-state index contributed by atoms with van der Waals surface area (Å²) in [6.45, 7) is 2.34. The van der Waals surface area contributed by atoms with E-state index in [1.807, 2.05) is 19.1 Å². The first-order chi connectivity index (χ1) is 9.29. The Morgan fingerprint density at radius 1 is 1.26 bits per heavy atom. The molecule has 2 rings (SSSR count). The van der Waals surface area contributed by atoms with Crippen LogP contribution in [0.4, 0.5) is 5.82 Å². The fraction of sp³-hybridized carbons (Fsp3) is 0.231. The highest BCUT2D eigenvalue weighted by Crippen LogP contribution is 2.26. The van der Waals surface area contributed by atoms with Gasteiger partial charge in [-0.1, -0.05) is 12.1 Å². The van der Waals surface area contributed by atoms with Crippen molar-refractivity contribution in [3.63, 3.8) is 0 Å². The van der Waals surface area contributed by atoms with Crippen molar-refractivity contribution in [2.75, 3.05) is 18.5 Å². The van der Waals surface area contributed by atoms with Crippen LogP contribution in [0.5, 0.6) is 11.5 Å². The fourth-order valence-electron chi connectivity index (χ4n) is 1.50. The monoisotopic (exact) mass is 261 g/mol. The lowest BCUT2D eigenvalue weighted by Gasteiger charge is -2.11. The number of hydrogen-bond acceptors (Lipinski definition) is 4. The van der Waals surface area contributed by atoms with E-state index in [1.165, 1.54) is 0 Å². The van der Waals surface area contributed by atoms with Crippen LogP contribution in [0.25, 0.3) is 0 Å². The van der Waals surface area contributed by atoms with Gasteiger partial charge in [0.15, 0.2) is 18.1 Å². The molecule has 6 nitrogen and oxygen atoms in total. The van der Waals surface area contributed by atoms with E-state index in [9.17, 15) is 4.79 Å². The molecule has 0 aliphatic heterocycles. The lowest BCUT2D eigenvalue weighted by molar-refractivity contribution is -0.118. The van der Waals surface area contributed by atoms with E-state index in [4.69, 9.17) is 9.47 Å². The van der Waals surface area contributed by atoms with Crippen LogP contribution in [0, 0.1) is 0 Å². The molecule has 1 aromatic carbocycles. The Morgan fingerprint density at radius 2 is 2.00 bits per heavy atom. The Morgan fingerprint density at radius 3 is 2.63 bits per heavy atom. The molecular formula is C13H15N3O3. The minimum atomic E-state index is -0.268. The van der Waals surface area contributed by atoms with Crippen LogP contribution in [0.3, 0.4) is 0 Å². The van der Waals surface area contributed by atoms with Gasteiger partial charge >= 0.3 is 0 Å². The predicted molar refractivity (Wildman–Crippen MR) is 70.3 cm³/mol. The summed E-state index contributed by atoms with van der Waals surface area (Å²) in [5, 5.41) is 8.99. The number of benzene rings is 1. The third-order valence-corrected chi connectivity index (χ3v) is 2.28. The second kappa shape index (κ2) is 6.44. The zero-order valence-electron chi connectivity index (χ0n) is 10.6. The number of H-pyrrole nitrogens is 1. The zero-order valence-corrected chi connectivity index (χ0v) is 10.6. The maximum atomic E-state index is 11.6. The van der Waals surface area contributed by atoms with Gasteiger partial charge in [0.2, 0.25) is 0 Å². The van der Waals surface area contributed by atoms with Crippen LogP contribution >= 0.6 is 0 Å². The largest absolute Gasteiger partial charge is 0.490 e. The lowest BCUT2D eigenvalue weighted by Crippen LogP contribution is -2.20. The molecule has 2 aromatic rings. The van der Waals surface area contributed by atoms with Gasteiger partial charge in [-0.25, -0.2) is 0 Å². The van der Waals surface area contributed by atoms with Crippen LogP contribution < -0.4 is 14.8 Å². The van der Waals surface area contributed by atoms with Crippen LogP contribution in [0.15, 0.2) is 36.5 Å². The molecule has 0 aliphatic carbocycles. The topological polar surface area (TPSA) is 76.2 Å². The Kier molecular flexibility index (Phi) is 4.39. The third-order valence-electron chi connectivity index (χ3n) is 2.28. The summed E-state index contributed by atoms with van der Waals surface area (Å²) in [6.07, 6.45) is 1.56. The minimum Gasteiger partial charge on any atom is -0.490 e. The molecule has 0 saturated carbocycles. The van der Waals surface area contributed by atoms with E-state index in [-0.39, 0.29) is 12.5 Å². The maximum Gasteiger partial charge on any atom is 0.263 e. The number of nitrogens with zero attached hydrogens (tertiary/aromatic N) is 1. The summed E-state index contributed by atoms with van der Waals surface area (Å²) in [6, 6.07) is 8.89. The van der Waals surface area contributed by atoms with Gasteiger partial charge in [-0.2, -0.15) is 5.10 Å². The molecular weight excluding hydrogens is 246 g/mol. The quantitative estimate of drug-likeness (QED) is 0.831. The third kappa shape index (κ3) is 3.74. The summed E-state index contributed by atoms with van der Waals surface area (Å²) >= 11 is 0. The van der Waals surface area contributed by atoms with Gasteiger partial charge in [-0.15, -0.1) is 0 Å². The van der Waals surface area contributed by atoms with E-state index in [2.05, 4.69) is 15.5 Å². The summed E-state index contributed by atoms with van der Waals surface area (Å²) in [5.74, 6) is 1.44. The van der Waals surface area contributed by atoms with Crippen molar-refractivity contribution in [2.24, 2.45) is 0 Å². The van der Waals surface area contributed by atoms with Gasteiger partial charge < -0.3 is 14.8 Å². The SMILES string of the molecule is CCOc1ccccc1OCC(=O)Nc1ccn[nH]1. The van der Waals surface area contributed by atoms with Crippen LogP contribution in [-0.4, -0.2) is 29.3 Å². The molecule has 0 spiro atoms. The lowest BCUT2D eigenvalue weighted by atomic mass is 10.3. The summed E-state index contributed by atoms with van der Waals surface area (Å²) in [5.41, 5.74) is 0. The van der Waals surface area contributed by atoms with Gasteiger partial charge in [-0.3, -0.25) is 9.89 Å². The van der Waals surface area contributed by atoms with Gasteiger partial charge in [-0.05, 0) is 19.1 Å². The number of amides is 1. The normalized spacial score (nSPS) is 9.95. The van der Waals surface area contributed by atoms with E-state index in [0.717, 1.165) is 0 Å². The van der Waals surface area contributed by atoms with Gasteiger partial charge in [0.25, 0.3) is 5.91 Å². The first-order valence-corrected chi connectivity index (χ1v) is 5.93. The standard InChI is InChI=1S/C13H15N3O3/c1-2-18-10-5-3-4-6-11(10)19-9-13(17)15-12-7-8-14-16-12/h3-8H,2,9H2,1H3,(H2,14,15,16,17). The van der Waals surface area contributed by atoms with E-state index in [0.29, 0.717) is 23.9 Å². The number of ether oxygens (including phenoxy) is 2. The van der Waals surface area contributed by atoms with Crippen molar-refractivity contribution in [1.82, 2.24) is 10.2 Å². The van der Waals surface area contributed by atoms with Crippen LogP contribution in [0.1, 0.15) is 6.92 Å². The van der Waals surface area contributed by atoms with Crippen molar-refractivity contribution in [2.45, 2.75) is 6.92 Å². The molecule has 0 fully saturated rings. The number of rotatable bonds is 6. The molecule has 0 unspecified atom stereocenters. The molecule has 0 saturated heterocycles. The van der Waals surface area contributed by atoms with Crippen molar-refractivity contribution >= 4 is 11.7 Å². The number of aromatic amines is 1. The van der Waals surface area contributed by atoms with E-state index in [1.54, 1.807) is 24.4 Å². The molecule has 0 bridgehead atoms. The van der Waals surface area contributed by atoms with E-state index >= 15 is 0 Å². The molecule has 100 valence electrons. The minimum absolute atomic E-state index is 0.0941. The number of aromatic nitrogens is 2. The Labute approximate surface area is 110 Å². The molecule has 1 amide bonds. The van der Waals surface area contributed by atoms with Crippen molar-refractivity contribution in [3.05, 3.63) is 36.5 Å². The van der Waals surface area contributed by atoms with Crippen molar-refractivity contribution < 1.29 is 14.3 Å². The molecule has 6 heteroatoms. The van der Waals surface area contributed by atoms with Crippen molar-refractivity contribution in [3.8, 4) is 11.5 Å². The molecule has 1 heterocycles. The predicted octanol–water partition coefficient (Wildman–Crippen LogP) is 1.83. The number of nitrogens with one attached hydrogen (secondary N) is 2. The van der Waals surface area contributed by atoms with Gasteiger partial charge in [0, 0.05) is 6.07 Å². The number of hydrogen-bond donors (Lipinski definition) is 2. The number of anilines is 1. The van der Waals surface area contributed by atoms with Gasteiger partial charge in [0.05, 0.1) is 12.8 Å². The molecule has 19 heavy (non-hydrogen) atoms. The fourth-order valence-corrected chi connectivity index (χ4v) is 1.50. The van der Waals surface area contributed by atoms with Gasteiger partial charge in [0.1, 0.15) is 5.82 Å². The Balaban J connectivity index is 1.89. The summed E-state index contributed by atoms with van der Waals surface area (Å²) in [4.78, 5) is 11.6. The molecule has 1 aromatic heterocycles. The second-order valence-corrected chi connectivity index (χ2v) is 3.69. The smallest absolute Gasteiger partial charge is 0.263 e. The maximum absolute atomic E-state index is 11.6. The van der Waals surface area contributed by atoms with Crippen molar-refractivity contribution in [1.29, 1.82) is 0 Å². The average molecular weight is 261 g/mol. The summed E-state index contributed by atoms with van der Waals surface area (Å²) in [7, 11) is 0. The Bertz CT molecular complexity index is 526. The van der Waals surface area contributed by atoms with E-state index < -0.39 is 0 Å². The highest BCUT2D eigenvalue weighted by Gasteiger charge is 2.07. The number of carbonyl (C=O) groups excluding carboxylic acids is 1. The highest BCUT2D eigenvalue weighted by molar-refractivity contribution is 5.90. The molecule has 2 N–H and O–H groups in total. The highest BCUT2D eigenvalue weighted by atomic mass is 16.5. The van der Waals surface area contributed by atoms with Crippen LogP contribution in [0.2, 0.25) is 0 Å². The summed E-state index contributed by atoms with van der Waals surface area (Å²) < 4.78 is 10.8. The average Bonchev–Trinajstić information content (AvgIpc) is 2.91. The number of carbonyl (C=O) groups is 1. The molecule has 0 atom stereocenters.